The Kier molecular flexibility index (Phi) is 1.52. The number of aliphatic hydroxyl groups excluding tert-OH is 3. The van der Waals surface area contributed by atoms with Crippen molar-refractivity contribution in [1.29, 1.82) is 2.86 Å². The Morgan fingerprint density at radius 2 is 2.00 bits per heavy atom. The number of aliphatic hydroxyl groups is 3. The zero-order chi connectivity index (χ0) is 6.41. The van der Waals surface area contributed by atoms with Gasteiger partial charge in [-0.2, -0.15) is 0 Å². The number of hydrogen-bond donors (Lipinski definition) is 3. The molecular weight excluding hydrogens is 84.0 g/mol. The van der Waals surface area contributed by atoms with Crippen LogP contribution in [0.5, 0.6) is 0 Å². The maximum absolute atomic E-state index is 8.56. The first-order valence-corrected chi connectivity index (χ1v) is 1.65. The normalized spacial score (nSPS) is 14.3. The topological polar surface area (TPSA) is 60.7 Å². The van der Waals surface area contributed by atoms with Gasteiger partial charge in [0.1, 0.15) is 6.10 Å². The second-order valence-corrected chi connectivity index (χ2v) is 0.987. The van der Waals surface area contributed by atoms with Crippen LogP contribution in [0.3, 0.4) is 0 Å². The first-order valence-electron chi connectivity index (χ1n) is 2.47. The third-order valence-electron chi connectivity index (χ3n) is 0.385. The SMILES string of the molecule is [2H]OCC(O)CO[2H]. The standard InChI is InChI=1S/C3H8O3/c4-1-3(6)2-5/h3-6H,1-2H2/i4D,5D. The van der Waals surface area contributed by atoms with Crippen molar-refractivity contribution in [2.45, 2.75) is 6.10 Å². The predicted molar refractivity (Wildman–Crippen MR) is 20.2 cm³/mol. The molecule has 0 aromatic carbocycles. The van der Waals surface area contributed by atoms with Crippen LogP contribution in [0.4, 0.5) is 0 Å². The summed E-state index contributed by atoms with van der Waals surface area (Å²) in [7, 11) is 0. The quantitative estimate of drug-likeness (QED) is 0.390. The van der Waals surface area contributed by atoms with E-state index in [2.05, 4.69) is 10.2 Å². The zero-order valence-electron chi connectivity index (χ0n) is 5.26. The summed E-state index contributed by atoms with van der Waals surface area (Å²) in [6.45, 7) is -0.224. The van der Waals surface area contributed by atoms with Crippen molar-refractivity contribution in [2.75, 3.05) is 13.2 Å². The molecule has 0 saturated carbocycles. The molecule has 0 aliphatic carbocycles. The molecule has 3 heteroatoms. The van der Waals surface area contributed by atoms with Crippen LogP contribution < -0.4 is 0 Å². The first kappa shape index (κ1) is 2.96. The van der Waals surface area contributed by atoms with Crippen molar-refractivity contribution in [3.05, 3.63) is 0 Å². The van der Waals surface area contributed by atoms with E-state index in [-0.39, 0.29) is 13.2 Å². The fraction of sp³-hybridized carbons (Fsp3) is 1.00. The van der Waals surface area contributed by atoms with Crippen LogP contribution in [-0.2, 0) is 0 Å². The van der Waals surface area contributed by atoms with Gasteiger partial charge in [0.15, 0.2) is 0 Å². The van der Waals surface area contributed by atoms with E-state index in [4.69, 9.17) is 7.97 Å². The summed E-state index contributed by atoms with van der Waals surface area (Å²) in [5.74, 6) is 0. The molecule has 0 aromatic rings. The number of hydrogen-bond acceptors (Lipinski definition) is 3. The summed E-state index contributed by atoms with van der Waals surface area (Å²) in [6.07, 6.45) is -0.856. The lowest BCUT2D eigenvalue weighted by atomic mass is 10.4. The summed E-state index contributed by atoms with van der Waals surface area (Å²) in [5, 5.41) is 16.1. The lowest BCUT2D eigenvalue weighted by Crippen LogP contribution is -2.15. The van der Waals surface area contributed by atoms with Crippen LogP contribution in [0.2, 0.25) is 0 Å². The summed E-state index contributed by atoms with van der Waals surface area (Å²) >= 11 is 0. The van der Waals surface area contributed by atoms with Crippen molar-refractivity contribution in [3.63, 3.8) is 0 Å². The Labute approximate surface area is 38.8 Å². The van der Waals surface area contributed by atoms with Crippen molar-refractivity contribution in [3.8, 4) is 0 Å². The van der Waals surface area contributed by atoms with Crippen LogP contribution >= 0.6 is 0 Å². The minimum Gasteiger partial charge on any atom is -0.394 e. The average Bonchev–Trinajstić information content (AvgIpc) is 1.68. The van der Waals surface area contributed by atoms with Crippen LogP contribution in [0.15, 0.2) is 0 Å². The van der Waals surface area contributed by atoms with Gasteiger partial charge in [-0.3, -0.25) is 0 Å². The van der Waals surface area contributed by atoms with Gasteiger partial charge in [0.2, 0.25) is 2.86 Å². The van der Waals surface area contributed by atoms with Gasteiger partial charge in [0.25, 0.3) is 0 Å². The second kappa shape index (κ2) is 3.08. The van der Waals surface area contributed by atoms with Crippen molar-refractivity contribution >= 4 is 0 Å². The van der Waals surface area contributed by atoms with E-state index in [1.165, 1.54) is 0 Å². The zero-order valence-corrected chi connectivity index (χ0v) is 3.26. The molecule has 0 aromatic heterocycles. The molecule has 0 heterocycles. The molecule has 0 spiro atoms. The molecule has 6 heavy (non-hydrogen) atoms. The lowest BCUT2D eigenvalue weighted by molar-refractivity contribution is 0.0450. The summed E-state index contributed by atoms with van der Waals surface area (Å²) in [6, 6.07) is 0. The Bertz CT molecular complexity index is 45.8. The van der Waals surface area contributed by atoms with Gasteiger partial charge in [0, 0.05) is 0 Å². The van der Waals surface area contributed by atoms with E-state index < -0.39 is 6.10 Å². The highest BCUT2D eigenvalue weighted by atomic mass is 16.3. The van der Waals surface area contributed by atoms with Gasteiger partial charge in [-0.1, -0.05) is 0 Å². The highest BCUT2D eigenvalue weighted by Gasteiger charge is 1.93. The Morgan fingerprint density at radius 3 is 2.33 bits per heavy atom. The fourth-order valence-corrected chi connectivity index (χ4v) is 0.0481. The molecule has 0 saturated heterocycles. The second-order valence-electron chi connectivity index (χ2n) is 0.987. The van der Waals surface area contributed by atoms with Crippen LogP contribution in [0.25, 0.3) is 0 Å². The van der Waals surface area contributed by atoms with Crippen molar-refractivity contribution in [1.82, 2.24) is 0 Å². The van der Waals surface area contributed by atoms with E-state index in [0.29, 0.717) is 0 Å². The molecule has 3 nitrogen and oxygen atoms in total. The van der Waals surface area contributed by atoms with E-state index in [9.17, 15) is 0 Å². The van der Waals surface area contributed by atoms with Crippen molar-refractivity contribution in [2.24, 2.45) is 0 Å². The summed E-state index contributed by atoms with van der Waals surface area (Å²) in [5.41, 5.74) is 0. The maximum Gasteiger partial charge on any atom is 0.210 e. The molecule has 0 aliphatic rings. The van der Waals surface area contributed by atoms with Crippen LogP contribution in [0.1, 0.15) is 0 Å². The van der Waals surface area contributed by atoms with Crippen LogP contribution in [-0.4, -0.2) is 37.5 Å². The van der Waals surface area contributed by atoms with Gasteiger partial charge in [0.05, 0.1) is 13.2 Å². The minimum atomic E-state index is -0.856. The van der Waals surface area contributed by atoms with Gasteiger partial charge < -0.3 is 15.3 Å². The minimum absolute atomic E-state index is 0.112. The van der Waals surface area contributed by atoms with Gasteiger partial charge in [-0.05, 0) is 0 Å². The summed E-state index contributed by atoms with van der Waals surface area (Å²) < 4.78 is 12.3. The Hall–Kier alpha value is -0.120. The van der Waals surface area contributed by atoms with Gasteiger partial charge in [-0.15, -0.1) is 0 Å². The molecule has 0 atom stereocenters. The average molecular weight is 94.1 g/mol. The van der Waals surface area contributed by atoms with Crippen LogP contribution in [0, 0.1) is 0 Å². The monoisotopic (exact) mass is 94.1 g/mol. The molecule has 0 bridgehead atoms. The lowest BCUT2D eigenvalue weighted by Gasteiger charge is -1.96. The molecule has 0 fully saturated rings. The molecule has 0 rings (SSSR count). The van der Waals surface area contributed by atoms with Gasteiger partial charge in [-0.25, -0.2) is 0 Å². The highest BCUT2D eigenvalue weighted by molar-refractivity contribution is 4.43. The Morgan fingerprint density at radius 1 is 1.50 bits per heavy atom. The van der Waals surface area contributed by atoms with E-state index in [1.54, 1.807) is 0 Å². The molecule has 0 radical (unpaired) electrons. The number of rotatable bonds is 4. The predicted octanol–water partition coefficient (Wildman–Crippen LogP) is -1.67. The largest absolute Gasteiger partial charge is 0.394 e. The third-order valence-corrected chi connectivity index (χ3v) is 0.385. The third kappa shape index (κ3) is 2.14. The fourth-order valence-electron chi connectivity index (χ4n) is 0.0481. The molecule has 38 valence electrons. The van der Waals surface area contributed by atoms with E-state index >= 15 is 0 Å². The molecule has 3 N–H and O–H groups in total. The van der Waals surface area contributed by atoms with E-state index in [1.807, 2.05) is 0 Å². The maximum atomic E-state index is 8.56. The highest BCUT2D eigenvalue weighted by Crippen LogP contribution is 1.71. The Balaban J connectivity index is 2.92. The smallest absolute Gasteiger partial charge is 0.210 e. The molecular formula is C3H8O3. The van der Waals surface area contributed by atoms with Gasteiger partial charge >= 0.3 is 0 Å². The molecule has 0 unspecified atom stereocenters. The van der Waals surface area contributed by atoms with E-state index in [0.717, 1.165) is 0 Å². The summed E-state index contributed by atoms with van der Waals surface area (Å²) in [4.78, 5) is 0. The first-order chi connectivity index (χ1) is 3.81. The van der Waals surface area contributed by atoms with Crippen molar-refractivity contribution < 1.29 is 15.3 Å². The molecule has 0 amide bonds. The molecule has 0 aliphatic heterocycles.